The van der Waals surface area contributed by atoms with E-state index in [1.807, 2.05) is 42.6 Å². The second-order valence-corrected chi connectivity index (χ2v) is 3.69. The van der Waals surface area contributed by atoms with Crippen LogP contribution >= 0.6 is 0 Å². The van der Waals surface area contributed by atoms with Crippen LogP contribution < -0.4 is 4.57 Å². The molecule has 0 aliphatic carbocycles. The molecule has 0 spiro atoms. The third-order valence-electron chi connectivity index (χ3n) is 2.53. The van der Waals surface area contributed by atoms with E-state index in [1.54, 1.807) is 0 Å². The normalized spacial score (nSPS) is 9.65. The third kappa shape index (κ3) is 3.06. The second-order valence-electron chi connectivity index (χ2n) is 3.69. The highest BCUT2D eigenvalue weighted by molar-refractivity contribution is 5.13. The number of azide groups is 1. The monoisotopic (exact) mass is 225 g/mol. The van der Waals surface area contributed by atoms with Crippen molar-refractivity contribution in [3.8, 4) is 0 Å². The van der Waals surface area contributed by atoms with E-state index < -0.39 is 0 Å². The number of benzene rings is 1. The fourth-order valence-corrected chi connectivity index (χ4v) is 1.69. The Morgan fingerprint density at radius 2 is 1.82 bits per heavy atom. The van der Waals surface area contributed by atoms with E-state index in [-0.39, 0.29) is 0 Å². The van der Waals surface area contributed by atoms with E-state index in [0.717, 1.165) is 12.2 Å². The first kappa shape index (κ1) is 11.2. The van der Waals surface area contributed by atoms with Crippen LogP contribution in [0.5, 0.6) is 0 Å². The van der Waals surface area contributed by atoms with Gasteiger partial charge < -0.3 is 0 Å². The van der Waals surface area contributed by atoms with Crippen LogP contribution in [0.2, 0.25) is 0 Å². The fraction of sp³-hybridized carbons (Fsp3) is 0.154. The zero-order chi connectivity index (χ0) is 11.9. The lowest BCUT2D eigenvalue weighted by Gasteiger charge is -2.01. The highest BCUT2D eigenvalue weighted by atomic mass is 15.1. The summed E-state index contributed by atoms with van der Waals surface area (Å²) in [4.78, 5) is 2.79. The molecule has 0 saturated heterocycles. The molecule has 4 heteroatoms. The Morgan fingerprint density at radius 3 is 2.59 bits per heavy atom. The molecule has 0 amide bonds. The Hall–Kier alpha value is -2.32. The van der Waals surface area contributed by atoms with Crippen LogP contribution in [0, 0.1) is 0 Å². The van der Waals surface area contributed by atoms with Gasteiger partial charge in [0.05, 0.1) is 0 Å². The van der Waals surface area contributed by atoms with Gasteiger partial charge in [-0.25, -0.2) is 0 Å². The summed E-state index contributed by atoms with van der Waals surface area (Å²) < 4.78 is 2.09. The van der Waals surface area contributed by atoms with E-state index in [0.29, 0.717) is 6.54 Å². The number of pyridine rings is 1. The quantitative estimate of drug-likeness (QED) is 0.332. The van der Waals surface area contributed by atoms with Gasteiger partial charge in [0.15, 0.2) is 18.4 Å². The summed E-state index contributed by atoms with van der Waals surface area (Å²) in [6, 6.07) is 16.1. The van der Waals surface area contributed by atoms with E-state index in [1.165, 1.54) is 5.56 Å². The average molecular weight is 225 g/mol. The summed E-state index contributed by atoms with van der Waals surface area (Å²) in [7, 11) is 0. The van der Waals surface area contributed by atoms with Crippen LogP contribution in [-0.4, -0.2) is 0 Å². The molecule has 1 heterocycles. The second kappa shape index (κ2) is 5.68. The first-order valence-electron chi connectivity index (χ1n) is 5.42. The molecule has 1 aromatic carbocycles. The summed E-state index contributed by atoms with van der Waals surface area (Å²) in [6.07, 6.45) is 2.00. The van der Waals surface area contributed by atoms with E-state index >= 15 is 0 Å². The van der Waals surface area contributed by atoms with Crippen molar-refractivity contribution in [3.63, 3.8) is 0 Å². The zero-order valence-corrected chi connectivity index (χ0v) is 9.40. The molecule has 84 valence electrons. The Labute approximate surface area is 99.8 Å². The van der Waals surface area contributed by atoms with E-state index in [4.69, 9.17) is 5.53 Å². The molecule has 2 aromatic rings. The third-order valence-corrected chi connectivity index (χ3v) is 2.53. The molecule has 0 bridgehead atoms. The minimum absolute atomic E-state index is 0.379. The minimum atomic E-state index is 0.379. The Morgan fingerprint density at radius 1 is 1.06 bits per heavy atom. The van der Waals surface area contributed by atoms with Gasteiger partial charge in [-0.2, -0.15) is 4.57 Å². The average Bonchev–Trinajstić information content (AvgIpc) is 2.39. The van der Waals surface area contributed by atoms with Crippen LogP contribution in [0.4, 0.5) is 0 Å². The van der Waals surface area contributed by atoms with Gasteiger partial charge in [-0.1, -0.05) is 41.5 Å². The molecule has 2 rings (SSSR count). The molecular weight excluding hydrogens is 212 g/mol. The van der Waals surface area contributed by atoms with Crippen LogP contribution in [0.25, 0.3) is 10.4 Å². The maximum atomic E-state index is 8.36. The van der Waals surface area contributed by atoms with Gasteiger partial charge in [0, 0.05) is 22.6 Å². The number of hydrogen-bond donors (Lipinski definition) is 0. The number of rotatable bonds is 4. The topological polar surface area (TPSA) is 52.6 Å². The molecule has 0 aliphatic rings. The molecule has 0 N–H and O–H groups in total. The van der Waals surface area contributed by atoms with Crippen molar-refractivity contribution in [2.75, 3.05) is 0 Å². The van der Waals surface area contributed by atoms with Crippen molar-refractivity contribution in [3.05, 3.63) is 76.4 Å². The summed E-state index contributed by atoms with van der Waals surface area (Å²) in [5.41, 5.74) is 10.6. The molecule has 0 radical (unpaired) electrons. The molecule has 1 aromatic heterocycles. The van der Waals surface area contributed by atoms with Crippen LogP contribution in [0.1, 0.15) is 11.3 Å². The Kier molecular flexibility index (Phi) is 3.73. The van der Waals surface area contributed by atoms with Gasteiger partial charge in [-0.05, 0) is 5.53 Å². The van der Waals surface area contributed by atoms with E-state index in [2.05, 4.69) is 26.7 Å². The van der Waals surface area contributed by atoms with Crippen molar-refractivity contribution in [1.29, 1.82) is 0 Å². The van der Waals surface area contributed by atoms with Crippen LogP contribution in [-0.2, 0) is 13.1 Å². The van der Waals surface area contributed by atoms with Gasteiger partial charge in [0.2, 0.25) is 0 Å². The predicted molar refractivity (Wildman–Crippen MR) is 65.0 cm³/mol. The number of aromatic nitrogens is 1. The zero-order valence-electron chi connectivity index (χ0n) is 9.40. The first-order valence-corrected chi connectivity index (χ1v) is 5.42. The van der Waals surface area contributed by atoms with Gasteiger partial charge in [0.1, 0.15) is 6.54 Å². The smallest absolute Gasteiger partial charge is 0.187 e. The van der Waals surface area contributed by atoms with Crippen molar-refractivity contribution in [2.45, 2.75) is 13.1 Å². The van der Waals surface area contributed by atoms with Crippen molar-refractivity contribution < 1.29 is 4.57 Å². The van der Waals surface area contributed by atoms with Crippen molar-refractivity contribution in [1.82, 2.24) is 0 Å². The lowest BCUT2D eigenvalue weighted by atomic mass is 10.2. The summed E-state index contributed by atoms with van der Waals surface area (Å²) >= 11 is 0. The molecule has 0 fully saturated rings. The van der Waals surface area contributed by atoms with Crippen molar-refractivity contribution >= 4 is 0 Å². The standard InChI is InChI=1S/C13H13N4/c14-16-15-10-13-8-4-5-9-17(13)11-12-6-2-1-3-7-12/h1-9H,10-11H2/q+1. The number of hydrogen-bond acceptors (Lipinski definition) is 1. The lowest BCUT2D eigenvalue weighted by molar-refractivity contribution is -0.695. The lowest BCUT2D eigenvalue weighted by Crippen LogP contribution is -2.38. The van der Waals surface area contributed by atoms with Crippen LogP contribution in [0.3, 0.4) is 0 Å². The van der Waals surface area contributed by atoms with Gasteiger partial charge in [0.25, 0.3) is 0 Å². The molecule has 0 atom stereocenters. The Balaban J connectivity index is 2.23. The molecule has 0 saturated carbocycles. The molecular formula is C13H13N4+. The molecule has 0 unspecified atom stereocenters. The predicted octanol–water partition coefficient (Wildman–Crippen LogP) is 2.83. The summed E-state index contributed by atoms with van der Waals surface area (Å²) in [5, 5.41) is 3.60. The SMILES string of the molecule is [N-]=[N+]=NCc1cccc[n+]1Cc1ccccc1. The molecule has 4 nitrogen and oxygen atoms in total. The van der Waals surface area contributed by atoms with Crippen LogP contribution in [0.15, 0.2) is 59.8 Å². The van der Waals surface area contributed by atoms with Gasteiger partial charge in [-0.15, -0.1) is 0 Å². The first-order chi connectivity index (χ1) is 8.40. The maximum absolute atomic E-state index is 8.36. The van der Waals surface area contributed by atoms with Crippen molar-refractivity contribution in [2.24, 2.45) is 5.11 Å². The molecule has 17 heavy (non-hydrogen) atoms. The summed E-state index contributed by atoms with van der Waals surface area (Å²) in [5.74, 6) is 0. The minimum Gasteiger partial charge on any atom is -0.198 e. The highest BCUT2D eigenvalue weighted by Crippen LogP contribution is 2.00. The summed E-state index contributed by atoms with van der Waals surface area (Å²) in [6.45, 7) is 1.17. The highest BCUT2D eigenvalue weighted by Gasteiger charge is 2.08. The fourth-order valence-electron chi connectivity index (χ4n) is 1.69. The Bertz CT molecular complexity index is 530. The number of nitrogens with zero attached hydrogens (tertiary/aromatic N) is 4. The van der Waals surface area contributed by atoms with E-state index in [9.17, 15) is 0 Å². The van der Waals surface area contributed by atoms with Gasteiger partial charge >= 0.3 is 0 Å². The maximum Gasteiger partial charge on any atom is 0.187 e. The largest absolute Gasteiger partial charge is 0.198 e. The molecule has 0 aliphatic heterocycles. The van der Waals surface area contributed by atoms with Gasteiger partial charge in [-0.3, -0.25) is 0 Å².